The Kier molecular flexibility index (Phi) is 5.09. The molecule has 5 nitrogen and oxygen atoms in total. The van der Waals surface area contributed by atoms with E-state index in [1.165, 1.54) is 4.90 Å². The molecule has 0 aliphatic carbocycles. The van der Waals surface area contributed by atoms with Gasteiger partial charge >= 0.3 is 0 Å². The smallest absolute Gasteiger partial charge is 0.295 e. The number of hydrogen-bond acceptors (Lipinski definition) is 5. The maximum atomic E-state index is 12.5. The number of aryl methyl sites for hydroxylation is 1. The summed E-state index contributed by atoms with van der Waals surface area (Å²) in [6.07, 6.45) is 1.69. The lowest BCUT2D eigenvalue weighted by molar-refractivity contribution is -0.122. The van der Waals surface area contributed by atoms with Gasteiger partial charge in [0.05, 0.1) is 18.7 Å². The topological polar surface area (TPSA) is 58.6 Å². The summed E-state index contributed by atoms with van der Waals surface area (Å²) in [4.78, 5) is 26.3. The molecule has 1 N–H and O–H groups in total. The Hall–Kier alpha value is -2.73. The minimum absolute atomic E-state index is 0.136. The number of benzene rings is 2. The zero-order valence-electron chi connectivity index (χ0n) is 14.0. The third kappa shape index (κ3) is 3.85. The van der Waals surface area contributed by atoms with Gasteiger partial charge in [-0.25, -0.2) is 0 Å². The highest BCUT2D eigenvalue weighted by atomic mass is 32.2. The number of nitrogens with one attached hydrogen (secondary N) is 1. The van der Waals surface area contributed by atoms with Crippen LogP contribution in [0.1, 0.15) is 11.1 Å². The summed E-state index contributed by atoms with van der Waals surface area (Å²) < 4.78 is 5.28. The van der Waals surface area contributed by atoms with Crippen LogP contribution in [0.4, 0.5) is 10.5 Å². The van der Waals surface area contributed by atoms with Gasteiger partial charge in [0.1, 0.15) is 5.75 Å². The van der Waals surface area contributed by atoms with E-state index in [1.54, 1.807) is 13.2 Å². The first-order valence-electron chi connectivity index (χ1n) is 7.77. The van der Waals surface area contributed by atoms with Crippen LogP contribution in [0.15, 0.2) is 53.4 Å². The molecular formula is C19H18N2O3S. The Bertz CT molecular complexity index is 831. The SMILES string of the molecule is COc1ccccc1/C=C1/SC(=O)N(CNc2ccc(C)cc2)C1=O. The Balaban J connectivity index is 1.73. The van der Waals surface area contributed by atoms with Crippen LogP contribution in [0, 0.1) is 6.92 Å². The van der Waals surface area contributed by atoms with E-state index in [0.29, 0.717) is 10.7 Å². The molecule has 0 radical (unpaired) electrons. The highest BCUT2D eigenvalue weighted by molar-refractivity contribution is 8.18. The van der Waals surface area contributed by atoms with Gasteiger partial charge in [-0.2, -0.15) is 0 Å². The molecule has 0 atom stereocenters. The number of para-hydroxylation sites is 1. The van der Waals surface area contributed by atoms with Gasteiger partial charge in [0, 0.05) is 11.3 Å². The molecule has 6 heteroatoms. The molecule has 1 aliphatic rings. The summed E-state index contributed by atoms with van der Waals surface area (Å²) in [5.41, 5.74) is 2.77. The zero-order chi connectivity index (χ0) is 17.8. The van der Waals surface area contributed by atoms with Crippen LogP contribution in [-0.4, -0.2) is 29.8 Å². The van der Waals surface area contributed by atoms with Crippen molar-refractivity contribution in [1.29, 1.82) is 0 Å². The van der Waals surface area contributed by atoms with Crippen molar-refractivity contribution in [2.24, 2.45) is 0 Å². The van der Waals surface area contributed by atoms with E-state index in [1.807, 2.05) is 55.5 Å². The van der Waals surface area contributed by atoms with E-state index in [0.717, 1.165) is 28.6 Å². The molecule has 0 aromatic heterocycles. The van der Waals surface area contributed by atoms with Crippen molar-refractivity contribution in [2.45, 2.75) is 6.92 Å². The molecule has 0 bridgehead atoms. The molecule has 1 aliphatic heterocycles. The van der Waals surface area contributed by atoms with Crippen molar-refractivity contribution in [3.05, 3.63) is 64.6 Å². The maximum Gasteiger partial charge on any atom is 0.295 e. The van der Waals surface area contributed by atoms with Crippen molar-refractivity contribution in [2.75, 3.05) is 19.1 Å². The monoisotopic (exact) mass is 354 g/mol. The van der Waals surface area contributed by atoms with Crippen LogP contribution in [0.5, 0.6) is 5.75 Å². The van der Waals surface area contributed by atoms with Crippen LogP contribution in [0.2, 0.25) is 0 Å². The second-order valence-corrected chi connectivity index (χ2v) is 6.55. The van der Waals surface area contributed by atoms with Gasteiger partial charge in [-0.15, -0.1) is 0 Å². The fourth-order valence-corrected chi connectivity index (χ4v) is 3.23. The highest BCUT2D eigenvalue weighted by Crippen LogP contribution is 2.33. The molecule has 128 valence electrons. The third-order valence-corrected chi connectivity index (χ3v) is 4.70. The van der Waals surface area contributed by atoms with Crippen LogP contribution < -0.4 is 10.1 Å². The second kappa shape index (κ2) is 7.44. The molecule has 0 spiro atoms. The third-order valence-electron chi connectivity index (χ3n) is 3.79. The number of rotatable bonds is 5. The van der Waals surface area contributed by atoms with E-state index in [2.05, 4.69) is 5.32 Å². The number of hydrogen-bond donors (Lipinski definition) is 1. The number of carbonyl (C=O) groups is 2. The van der Waals surface area contributed by atoms with E-state index < -0.39 is 0 Å². The number of anilines is 1. The molecule has 2 aromatic carbocycles. The van der Waals surface area contributed by atoms with Gasteiger partial charge in [-0.3, -0.25) is 14.5 Å². The fourth-order valence-electron chi connectivity index (χ4n) is 2.40. The van der Waals surface area contributed by atoms with Crippen molar-refractivity contribution < 1.29 is 14.3 Å². The Labute approximate surface area is 150 Å². The first kappa shape index (κ1) is 17.1. The number of thioether (sulfide) groups is 1. The zero-order valence-corrected chi connectivity index (χ0v) is 14.8. The lowest BCUT2D eigenvalue weighted by atomic mass is 10.2. The molecule has 0 saturated carbocycles. The first-order valence-corrected chi connectivity index (χ1v) is 8.59. The average Bonchev–Trinajstić information content (AvgIpc) is 2.88. The van der Waals surface area contributed by atoms with Crippen molar-refractivity contribution in [3.63, 3.8) is 0 Å². The Morgan fingerprint density at radius 3 is 2.56 bits per heavy atom. The van der Waals surface area contributed by atoms with Crippen LogP contribution >= 0.6 is 11.8 Å². The van der Waals surface area contributed by atoms with Gasteiger partial charge in [0.2, 0.25) is 0 Å². The lowest BCUT2D eigenvalue weighted by Crippen LogP contribution is -2.33. The van der Waals surface area contributed by atoms with Gasteiger partial charge in [0.15, 0.2) is 0 Å². The van der Waals surface area contributed by atoms with Gasteiger partial charge in [-0.05, 0) is 43.0 Å². The largest absolute Gasteiger partial charge is 0.496 e. The van der Waals surface area contributed by atoms with E-state index >= 15 is 0 Å². The molecule has 1 fully saturated rings. The summed E-state index contributed by atoms with van der Waals surface area (Å²) in [5, 5.41) is 2.81. The lowest BCUT2D eigenvalue weighted by Gasteiger charge is -2.14. The van der Waals surface area contributed by atoms with Crippen LogP contribution in [0.3, 0.4) is 0 Å². The van der Waals surface area contributed by atoms with Crippen LogP contribution in [-0.2, 0) is 4.79 Å². The number of imide groups is 1. The number of nitrogens with zero attached hydrogens (tertiary/aromatic N) is 1. The predicted molar refractivity (Wildman–Crippen MR) is 100 cm³/mol. The molecule has 2 aromatic rings. The molecular weight excluding hydrogens is 336 g/mol. The number of methoxy groups -OCH3 is 1. The van der Waals surface area contributed by atoms with Gasteiger partial charge < -0.3 is 10.1 Å². The first-order chi connectivity index (χ1) is 12.1. The summed E-state index contributed by atoms with van der Waals surface area (Å²) in [7, 11) is 1.57. The summed E-state index contributed by atoms with van der Waals surface area (Å²) >= 11 is 0.936. The molecule has 1 heterocycles. The highest BCUT2D eigenvalue weighted by Gasteiger charge is 2.34. The van der Waals surface area contributed by atoms with Gasteiger partial charge in [0.25, 0.3) is 11.1 Å². The van der Waals surface area contributed by atoms with E-state index in [-0.39, 0.29) is 17.8 Å². The number of ether oxygens (including phenoxy) is 1. The van der Waals surface area contributed by atoms with E-state index in [9.17, 15) is 9.59 Å². The quantitative estimate of drug-likeness (QED) is 0.819. The molecule has 1 saturated heterocycles. The minimum Gasteiger partial charge on any atom is -0.496 e. The van der Waals surface area contributed by atoms with E-state index in [4.69, 9.17) is 4.74 Å². The molecule has 0 unspecified atom stereocenters. The summed E-state index contributed by atoms with van der Waals surface area (Å²) in [6.45, 7) is 2.14. The molecule has 25 heavy (non-hydrogen) atoms. The Morgan fingerprint density at radius 2 is 1.84 bits per heavy atom. The normalized spacial score (nSPS) is 15.8. The van der Waals surface area contributed by atoms with Crippen molar-refractivity contribution in [1.82, 2.24) is 4.90 Å². The maximum absolute atomic E-state index is 12.5. The fraction of sp³-hybridized carbons (Fsp3) is 0.158. The second-order valence-electron chi connectivity index (χ2n) is 5.55. The summed E-state index contributed by atoms with van der Waals surface area (Å²) in [6, 6.07) is 15.1. The number of carbonyl (C=O) groups excluding carboxylic acids is 2. The minimum atomic E-state index is -0.305. The molecule has 3 rings (SSSR count). The standard InChI is InChI=1S/C19H18N2O3S/c1-13-7-9-15(10-8-13)20-12-21-18(22)17(25-19(21)23)11-14-5-3-4-6-16(14)24-2/h3-11,20H,12H2,1-2H3/b17-11+. The Morgan fingerprint density at radius 1 is 1.12 bits per heavy atom. The summed E-state index contributed by atoms with van der Waals surface area (Å²) in [5.74, 6) is 0.354. The predicted octanol–water partition coefficient (Wildman–Crippen LogP) is 4.11. The van der Waals surface area contributed by atoms with Crippen molar-refractivity contribution in [3.8, 4) is 5.75 Å². The van der Waals surface area contributed by atoms with Crippen LogP contribution in [0.25, 0.3) is 6.08 Å². The van der Waals surface area contributed by atoms with Crippen molar-refractivity contribution >= 4 is 34.7 Å². The number of amides is 2. The van der Waals surface area contributed by atoms with Gasteiger partial charge in [-0.1, -0.05) is 35.9 Å². The molecule has 2 amide bonds. The average molecular weight is 354 g/mol.